The fraction of sp³-hybridized carbons (Fsp3) is 0.263. The van der Waals surface area contributed by atoms with E-state index in [2.05, 4.69) is 35.2 Å². The van der Waals surface area contributed by atoms with Crippen LogP contribution < -0.4 is 16.2 Å². The number of carbonyl (C=O) groups is 1. The predicted molar refractivity (Wildman–Crippen MR) is 103 cm³/mol. The first kappa shape index (κ1) is 18.9. The highest BCUT2D eigenvalue weighted by Crippen LogP contribution is 2.11. The van der Waals surface area contributed by atoms with Crippen molar-refractivity contribution in [1.82, 2.24) is 10.9 Å². The molecule has 0 fully saturated rings. The number of nitrogens with one attached hydrogen (secondary N) is 3. The fourth-order valence-electron chi connectivity index (χ4n) is 2.28. The van der Waals surface area contributed by atoms with Crippen molar-refractivity contribution in [2.24, 2.45) is 0 Å². The number of hydrogen-bond acceptors (Lipinski definition) is 2. The van der Waals surface area contributed by atoms with Crippen LogP contribution in [0.1, 0.15) is 30.9 Å². The Morgan fingerprint density at radius 2 is 1.80 bits per heavy atom. The molecule has 2 rings (SSSR count). The smallest absolute Gasteiger partial charge is 0.242 e. The summed E-state index contributed by atoms with van der Waals surface area (Å²) in [4.78, 5) is 11.8. The lowest BCUT2D eigenvalue weighted by atomic mass is 10.1. The van der Waals surface area contributed by atoms with Crippen molar-refractivity contribution in [2.45, 2.75) is 32.6 Å². The van der Waals surface area contributed by atoms with Gasteiger partial charge in [-0.1, -0.05) is 43.7 Å². The summed E-state index contributed by atoms with van der Waals surface area (Å²) in [7, 11) is 0. The fourth-order valence-corrected chi connectivity index (χ4v) is 2.45. The van der Waals surface area contributed by atoms with E-state index >= 15 is 0 Å². The minimum atomic E-state index is -0.401. The molecule has 132 valence electrons. The standard InChI is InChI=1S/C19H22FN3OS/c1-2-3-6-14-9-11-16(12-10-14)21-19(25)23-22-18(24)13-15-7-4-5-8-17(15)20/h4-5,7-12H,2-3,6,13H2,1H3,(H,22,24)(H2,21,23,25). The van der Waals surface area contributed by atoms with Gasteiger partial charge in [-0.25, -0.2) is 4.39 Å². The summed E-state index contributed by atoms with van der Waals surface area (Å²) in [6.45, 7) is 2.17. The molecule has 1 amide bonds. The van der Waals surface area contributed by atoms with E-state index < -0.39 is 5.82 Å². The Morgan fingerprint density at radius 1 is 1.08 bits per heavy atom. The summed E-state index contributed by atoms with van der Waals surface area (Å²) in [5, 5.41) is 3.25. The van der Waals surface area contributed by atoms with Gasteiger partial charge in [0.15, 0.2) is 5.11 Å². The van der Waals surface area contributed by atoms with Crippen LogP contribution in [0.4, 0.5) is 10.1 Å². The maximum Gasteiger partial charge on any atom is 0.242 e. The van der Waals surface area contributed by atoms with Gasteiger partial charge < -0.3 is 5.32 Å². The molecule has 2 aromatic carbocycles. The SMILES string of the molecule is CCCCc1ccc(NC(=S)NNC(=O)Cc2ccccc2F)cc1. The predicted octanol–water partition coefficient (Wildman–Crippen LogP) is 3.73. The summed E-state index contributed by atoms with van der Waals surface area (Å²) in [5.74, 6) is -0.773. The number of carbonyl (C=O) groups excluding carboxylic acids is 1. The van der Waals surface area contributed by atoms with Crippen LogP contribution in [0.25, 0.3) is 0 Å². The van der Waals surface area contributed by atoms with E-state index in [4.69, 9.17) is 12.2 Å². The van der Waals surface area contributed by atoms with Gasteiger partial charge in [-0.3, -0.25) is 15.6 Å². The molecule has 0 heterocycles. The molecule has 0 aliphatic heterocycles. The van der Waals surface area contributed by atoms with E-state index in [1.165, 1.54) is 24.5 Å². The third-order valence-corrected chi connectivity index (χ3v) is 3.86. The molecule has 0 saturated carbocycles. The Labute approximate surface area is 152 Å². The Morgan fingerprint density at radius 3 is 2.48 bits per heavy atom. The van der Waals surface area contributed by atoms with Crippen LogP contribution in [0.15, 0.2) is 48.5 Å². The number of thiocarbonyl (C=S) groups is 1. The topological polar surface area (TPSA) is 53.2 Å². The molecular formula is C19H22FN3OS. The van der Waals surface area contributed by atoms with Crippen LogP contribution in [0.3, 0.4) is 0 Å². The third-order valence-electron chi connectivity index (χ3n) is 3.66. The Hall–Kier alpha value is -2.47. The number of rotatable bonds is 6. The average molecular weight is 359 g/mol. The summed E-state index contributed by atoms with van der Waals surface area (Å²) < 4.78 is 13.5. The molecule has 2 aromatic rings. The summed E-state index contributed by atoms with van der Waals surface area (Å²) in [5.41, 5.74) is 7.53. The van der Waals surface area contributed by atoms with E-state index in [-0.39, 0.29) is 17.4 Å². The maximum atomic E-state index is 13.5. The lowest BCUT2D eigenvalue weighted by Gasteiger charge is -2.12. The lowest BCUT2D eigenvalue weighted by Crippen LogP contribution is -2.44. The molecule has 0 aliphatic rings. The molecule has 0 aromatic heterocycles. The van der Waals surface area contributed by atoms with Crippen molar-refractivity contribution < 1.29 is 9.18 Å². The van der Waals surface area contributed by atoms with Crippen molar-refractivity contribution >= 4 is 28.9 Å². The number of hydrogen-bond donors (Lipinski definition) is 3. The third kappa shape index (κ3) is 6.51. The molecule has 6 heteroatoms. The molecule has 4 nitrogen and oxygen atoms in total. The normalized spacial score (nSPS) is 10.2. The van der Waals surface area contributed by atoms with Crippen LogP contribution in [-0.4, -0.2) is 11.0 Å². The van der Waals surface area contributed by atoms with Crippen molar-refractivity contribution in [3.05, 3.63) is 65.5 Å². The number of unbranched alkanes of at least 4 members (excludes halogenated alkanes) is 1. The minimum absolute atomic E-state index is 0.0611. The first-order valence-corrected chi connectivity index (χ1v) is 8.67. The van der Waals surface area contributed by atoms with Crippen LogP contribution >= 0.6 is 12.2 Å². The molecule has 0 saturated heterocycles. The zero-order valence-electron chi connectivity index (χ0n) is 14.1. The second-order valence-electron chi connectivity index (χ2n) is 5.70. The molecule has 0 bridgehead atoms. The minimum Gasteiger partial charge on any atom is -0.331 e. The van der Waals surface area contributed by atoms with Gasteiger partial charge in [-0.15, -0.1) is 0 Å². The van der Waals surface area contributed by atoms with Gasteiger partial charge in [0.05, 0.1) is 6.42 Å². The Balaban J connectivity index is 1.76. The lowest BCUT2D eigenvalue weighted by molar-refractivity contribution is -0.121. The average Bonchev–Trinajstić information content (AvgIpc) is 2.61. The molecule has 0 spiro atoms. The van der Waals surface area contributed by atoms with Gasteiger partial charge in [0.25, 0.3) is 0 Å². The zero-order valence-corrected chi connectivity index (χ0v) is 15.0. The number of amides is 1. The van der Waals surface area contributed by atoms with Gasteiger partial charge in [0.2, 0.25) is 5.91 Å². The first-order valence-electron chi connectivity index (χ1n) is 8.26. The summed E-state index contributed by atoms with van der Waals surface area (Å²) in [6.07, 6.45) is 3.33. The van der Waals surface area contributed by atoms with Crippen molar-refractivity contribution in [3.63, 3.8) is 0 Å². The number of benzene rings is 2. The van der Waals surface area contributed by atoms with E-state index in [1.54, 1.807) is 18.2 Å². The monoisotopic (exact) mass is 359 g/mol. The van der Waals surface area contributed by atoms with Crippen LogP contribution in [-0.2, 0) is 17.6 Å². The van der Waals surface area contributed by atoms with Crippen LogP contribution in [0.5, 0.6) is 0 Å². The van der Waals surface area contributed by atoms with Crippen LogP contribution in [0, 0.1) is 5.82 Å². The van der Waals surface area contributed by atoms with Crippen molar-refractivity contribution in [2.75, 3.05) is 5.32 Å². The number of halogens is 1. The molecule has 0 unspecified atom stereocenters. The second kappa shape index (κ2) is 9.74. The highest BCUT2D eigenvalue weighted by molar-refractivity contribution is 7.80. The highest BCUT2D eigenvalue weighted by atomic mass is 32.1. The number of anilines is 1. The van der Waals surface area contributed by atoms with E-state index in [0.717, 1.165) is 12.1 Å². The van der Waals surface area contributed by atoms with Crippen LogP contribution in [0.2, 0.25) is 0 Å². The Kier molecular flexibility index (Phi) is 7.35. The van der Waals surface area contributed by atoms with E-state index in [1.807, 2.05) is 12.1 Å². The number of hydrazine groups is 1. The molecule has 0 atom stereocenters. The first-order chi connectivity index (χ1) is 12.1. The maximum absolute atomic E-state index is 13.5. The molecule has 3 N–H and O–H groups in total. The largest absolute Gasteiger partial charge is 0.331 e. The van der Waals surface area contributed by atoms with Gasteiger partial charge in [0.1, 0.15) is 5.82 Å². The van der Waals surface area contributed by atoms with Gasteiger partial charge in [-0.2, -0.15) is 0 Å². The Bertz CT molecular complexity index is 719. The molecule has 0 radical (unpaired) electrons. The van der Waals surface area contributed by atoms with Gasteiger partial charge in [-0.05, 0) is 54.4 Å². The molecule has 0 aliphatic carbocycles. The quantitative estimate of drug-likeness (QED) is 0.543. The molecule has 25 heavy (non-hydrogen) atoms. The summed E-state index contributed by atoms with van der Waals surface area (Å²) in [6, 6.07) is 14.2. The van der Waals surface area contributed by atoms with E-state index in [9.17, 15) is 9.18 Å². The highest BCUT2D eigenvalue weighted by Gasteiger charge is 2.07. The summed E-state index contributed by atoms with van der Waals surface area (Å²) >= 11 is 5.14. The van der Waals surface area contributed by atoms with Gasteiger partial charge in [0, 0.05) is 5.69 Å². The number of aryl methyl sites for hydroxylation is 1. The van der Waals surface area contributed by atoms with Gasteiger partial charge >= 0.3 is 0 Å². The van der Waals surface area contributed by atoms with Crippen molar-refractivity contribution in [1.29, 1.82) is 0 Å². The van der Waals surface area contributed by atoms with E-state index in [0.29, 0.717) is 5.56 Å². The molecular weight excluding hydrogens is 337 g/mol. The second-order valence-corrected chi connectivity index (χ2v) is 6.10. The van der Waals surface area contributed by atoms with Crippen molar-refractivity contribution in [3.8, 4) is 0 Å². The zero-order chi connectivity index (χ0) is 18.1.